The summed E-state index contributed by atoms with van der Waals surface area (Å²) >= 11 is 0. The third-order valence-corrected chi connectivity index (χ3v) is 7.66. The Morgan fingerprint density at radius 1 is 0.902 bits per heavy atom. The topological polar surface area (TPSA) is 88.2 Å². The molecular formula is C33H43N5O3. The molecule has 41 heavy (non-hydrogen) atoms. The highest BCUT2D eigenvalue weighted by atomic mass is 16.5. The van der Waals surface area contributed by atoms with Gasteiger partial charge in [0.2, 0.25) is 0 Å². The summed E-state index contributed by atoms with van der Waals surface area (Å²) in [7, 11) is 2.14. The molecule has 1 unspecified atom stereocenters. The molecule has 0 spiro atoms. The number of nitrogens with zero attached hydrogens (tertiary/aromatic N) is 3. The summed E-state index contributed by atoms with van der Waals surface area (Å²) in [6, 6.07) is 26.1. The van der Waals surface area contributed by atoms with Gasteiger partial charge in [-0.3, -0.25) is 19.7 Å². The summed E-state index contributed by atoms with van der Waals surface area (Å²) in [5, 5.41) is 12.4. The number of nitrogens with one attached hydrogen (secondary N) is 2. The van der Waals surface area contributed by atoms with Crippen LogP contribution >= 0.6 is 0 Å². The summed E-state index contributed by atoms with van der Waals surface area (Å²) in [5.41, 5.74) is 6.29. The highest BCUT2D eigenvalue weighted by Gasteiger charge is 2.33. The maximum Gasteiger partial charge on any atom is 0.274 e. The Bertz CT molecular complexity index is 1270. The molecule has 3 N–H and O–H groups in total. The number of piperazine rings is 1. The van der Waals surface area contributed by atoms with Gasteiger partial charge in [0.25, 0.3) is 11.8 Å². The molecule has 0 radical (unpaired) electrons. The van der Waals surface area contributed by atoms with Crippen LogP contribution in [0, 0.1) is 0 Å². The van der Waals surface area contributed by atoms with Crippen molar-refractivity contribution in [3.8, 4) is 0 Å². The number of benzene rings is 3. The van der Waals surface area contributed by atoms with Crippen LogP contribution in [-0.2, 0) is 19.6 Å². The fourth-order valence-electron chi connectivity index (χ4n) is 5.79. The van der Waals surface area contributed by atoms with E-state index >= 15 is 0 Å². The molecule has 8 heteroatoms. The van der Waals surface area contributed by atoms with E-state index in [1.54, 1.807) is 17.6 Å². The maximum absolute atomic E-state index is 13.6. The van der Waals surface area contributed by atoms with Crippen LogP contribution in [0.1, 0.15) is 58.2 Å². The Labute approximate surface area is 243 Å². The molecule has 0 aromatic heterocycles. The van der Waals surface area contributed by atoms with E-state index in [1.165, 1.54) is 5.56 Å². The predicted molar refractivity (Wildman–Crippen MR) is 162 cm³/mol. The molecule has 0 bridgehead atoms. The first kappa shape index (κ1) is 30.4. The van der Waals surface area contributed by atoms with Crippen LogP contribution in [-0.4, -0.2) is 76.5 Å². The third kappa shape index (κ3) is 8.47. The molecule has 2 amide bonds. The van der Waals surface area contributed by atoms with Gasteiger partial charge in [-0.25, -0.2) is 5.48 Å². The molecule has 3 atom stereocenters. The van der Waals surface area contributed by atoms with Crippen molar-refractivity contribution >= 4 is 11.8 Å². The average molecular weight is 558 g/mol. The SMILES string of the molecule is CC(CN(C)Cc1ccccc1)NCc1cccc(C(=O)N2[C@H](C)CN(Cc3ccc(C(=O)NO)cc3)C[C@@H]2C)c1. The Morgan fingerprint density at radius 3 is 2.22 bits per heavy atom. The zero-order valence-corrected chi connectivity index (χ0v) is 24.6. The van der Waals surface area contributed by atoms with E-state index < -0.39 is 5.91 Å². The van der Waals surface area contributed by atoms with Crippen molar-refractivity contribution in [3.05, 3.63) is 107 Å². The van der Waals surface area contributed by atoms with Crippen molar-refractivity contribution in [2.45, 2.75) is 58.5 Å². The van der Waals surface area contributed by atoms with Gasteiger partial charge in [0.05, 0.1) is 0 Å². The standard InChI is InChI=1S/C33H43N5O3/c1-24(19-36(4)22-27-9-6-5-7-10-27)34-18-29-11-8-12-31(17-29)33(40)38-25(2)20-37(21-26(38)3)23-28-13-15-30(16-14-28)32(39)35-41/h5-17,24-26,34,41H,18-23H2,1-4H3,(H,35,39)/t24?,25-,26+. The lowest BCUT2D eigenvalue weighted by molar-refractivity contribution is 0.0268. The number of carbonyl (C=O) groups is 2. The molecule has 3 aromatic rings. The maximum atomic E-state index is 13.6. The van der Waals surface area contributed by atoms with E-state index in [0.29, 0.717) is 18.2 Å². The second-order valence-corrected chi connectivity index (χ2v) is 11.4. The Balaban J connectivity index is 1.29. The normalized spacial score (nSPS) is 18.3. The van der Waals surface area contributed by atoms with Crippen molar-refractivity contribution in [2.75, 3.05) is 26.7 Å². The largest absolute Gasteiger partial charge is 0.331 e. The van der Waals surface area contributed by atoms with Gasteiger partial charge in [-0.2, -0.15) is 0 Å². The van der Waals surface area contributed by atoms with Crippen LogP contribution in [0.2, 0.25) is 0 Å². The Kier molecular flexibility index (Phi) is 10.7. The van der Waals surface area contributed by atoms with E-state index in [-0.39, 0.29) is 18.0 Å². The third-order valence-electron chi connectivity index (χ3n) is 7.66. The fourth-order valence-corrected chi connectivity index (χ4v) is 5.79. The van der Waals surface area contributed by atoms with E-state index in [0.717, 1.165) is 49.4 Å². The van der Waals surface area contributed by atoms with E-state index in [2.05, 4.69) is 73.3 Å². The molecule has 0 aliphatic carbocycles. The summed E-state index contributed by atoms with van der Waals surface area (Å²) in [5.74, 6) is -0.451. The number of hydrogen-bond donors (Lipinski definition) is 3. The number of hydrogen-bond acceptors (Lipinski definition) is 6. The molecule has 1 heterocycles. The predicted octanol–water partition coefficient (Wildman–Crippen LogP) is 4.15. The second-order valence-electron chi connectivity index (χ2n) is 11.4. The van der Waals surface area contributed by atoms with Gasteiger partial charge in [-0.1, -0.05) is 54.6 Å². The lowest BCUT2D eigenvalue weighted by Gasteiger charge is -2.44. The zero-order chi connectivity index (χ0) is 29.4. The highest BCUT2D eigenvalue weighted by Crippen LogP contribution is 2.21. The molecule has 0 saturated carbocycles. The van der Waals surface area contributed by atoms with Gasteiger partial charge >= 0.3 is 0 Å². The fraction of sp³-hybridized carbons (Fsp3) is 0.394. The molecule has 1 aliphatic heterocycles. The molecule has 1 aliphatic rings. The van der Waals surface area contributed by atoms with Crippen molar-refractivity contribution in [2.24, 2.45) is 0 Å². The van der Waals surface area contributed by atoms with Crippen LogP contribution < -0.4 is 10.8 Å². The van der Waals surface area contributed by atoms with Crippen molar-refractivity contribution in [1.29, 1.82) is 0 Å². The van der Waals surface area contributed by atoms with Crippen LogP contribution in [0.5, 0.6) is 0 Å². The van der Waals surface area contributed by atoms with Gasteiger partial charge in [0.1, 0.15) is 0 Å². The van der Waals surface area contributed by atoms with Gasteiger partial charge in [-0.05, 0) is 68.8 Å². The van der Waals surface area contributed by atoms with Crippen LogP contribution in [0.25, 0.3) is 0 Å². The van der Waals surface area contributed by atoms with Crippen LogP contribution in [0.15, 0.2) is 78.9 Å². The van der Waals surface area contributed by atoms with Crippen LogP contribution in [0.3, 0.4) is 0 Å². The summed E-state index contributed by atoms with van der Waals surface area (Å²) in [4.78, 5) is 31.9. The monoisotopic (exact) mass is 557 g/mol. The molecule has 4 rings (SSSR count). The van der Waals surface area contributed by atoms with Crippen LogP contribution in [0.4, 0.5) is 0 Å². The minimum atomic E-state index is -0.522. The Hall–Kier alpha value is -3.56. The smallest absolute Gasteiger partial charge is 0.274 e. The number of rotatable bonds is 11. The average Bonchev–Trinajstić information content (AvgIpc) is 2.96. The van der Waals surface area contributed by atoms with E-state index in [1.807, 2.05) is 41.3 Å². The number of carbonyl (C=O) groups excluding carboxylic acids is 2. The number of hydroxylamine groups is 1. The van der Waals surface area contributed by atoms with Crippen molar-refractivity contribution in [1.82, 2.24) is 25.5 Å². The lowest BCUT2D eigenvalue weighted by atomic mass is 10.0. The summed E-state index contributed by atoms with van der Waals surface area (Å²) in [6.45, 7) is 11.2. The van der Waals surface area contributed by atoms with Gasteiger partial charge in [0, 0.05) is 68.5 Å². The zero-order valence-electron chi connectivity index (χ0n) is 24.6. The first-order chi connectivity index (χ1) is 19.7. The molecule has 8 nitrogen and oxygen atoms in total. The van der Waals surface area contributed by atoms with Gasteiger partial charge in [0.15, 0.2) is 0 Å². The van der Waals surface area contributed by atoms with Crippen molar-refractivity contribution in [3.63, 3.8) is 0 Å². The first-order valence-electron chi connectivity index (χ1n) is 14.4. The van der Waals surface area contributed by atoms with Gasteiger partial charge in [-0.15, -0.1) is 0 Å². The minimum Gasteiger partial charge on any atom is -0.331 e. The molecule has 1 fully saturated rings. The van der Waals surface area contributed by atoms with E-state index in [9.17, 15) is 9.59 Å². The van der Waals surface area contributed by atoms with Crippen molar-refractivity contribution < 1.29 is 14.8 Å². The first-order valence-corrected chi connectivity index (χ1v) is 14.4. The summed E-state index contributed by atoms with van der Waals surface area (Å²) < 4.78 is 0. The quantitative estimate of drug-likeness (QED) is 0.243. The van der Waals surface area contributed by atoms with E-state index in [4.69, 9.17) is 5.21 Å². The second kappa shape index (κ2) is 14.4. The highest BCUT2D eigenvalue weighted by molar-refractivity contribution is 5.95. The molecular weight excluding hydrogens is 514 g/mol. The number of amides is 2. The molecule has 3 aromatic carbocycles. The Morgan fingerprint density at radius 2 is 1.56 bits per heavy atom. The lowest BCUT2D eigenvalue weighted by Crippen LogP contribution is -2.58. The number of likely N-dealkylation sites (N-methyl/N-ethyl adjacent to an activating group) is 1. The molecule has 1 saturated heterocycles. The summed E-state index contributed by atoms with van der Waals surface area (Å²) in [6.07, 6.45) is 0. The molecule has 218 valence electrons. The minimum absolute atomic E-state index is 0.0626. The van der Waals surface area contributed by atoms with Gasteiger partial charge < -0.3 is 15.1 Å².